The number of rotatable bonds is 8. The van der Waals surface area contributed by atoms with Crippen molar-refractivity contribution in [2.24, 2.45) is 0 Å². The monoisotopic (exact) mass is 365 g/mol. The van der Waals surface area contributed by atoms with E-state index in [2.05, 4.69) is 5.32 Å². The van der Waals surface area contributed by atoms with Crippen molar-refractivity contribution < 1.29 is 23.8 Å². The van der Waals surface area contributed by atoms with Crippen molar-refractivity contribution in [3.8, 4) is 5.75 Å². The Morgan fingerprint density at radius 1 is 1.32 bits per heavy atom. The fraction of sp³-hybridized carbons (Fsp3) is 0.333. The molecule has 134 valence electrons. The summed E-state index contributed by atoms with van der Waals surface area (Å²) in [5.74, 6) is -0.805. The van der Waals surface area contributed by atoms with Crippen molar-refractivity contribution in [1.82, 2.24) is 5.32 Å². The molecule has 0 spiro atoms. The van der Waals surface area contributed by atoms with Gasteiger partial charge in [-0.15, -0.1) is 0 Å². The summed E-state index contributed by atoms with van der Waals surface area (Å²) < 4.78 is 11.1. The highest BCUT2D eigenvalue weighted by atomic mass is 35.5. The normalized spacial score (nSPS) is 11.8. The van der Waals surface area contributed by atoms with Crippen LogP contribution in [-0.4, -0.2) is 29.6 Å². The van der Waals surface area contributed by atoms with E-state index in [-0.39, 0.29) is 29.7 Å². The third-order valence-electron chi connectivity index (χ3n) is 3.66. The molecule has 25 heavy (non-hydrogen) atoms. The molecule has 0 fully saturated rings. The number of furan rings is 1. The molecule has 0 saturated carbocycles. The number of hydrogen-bond donors (Lipinski definition) is 2. The maximum Gasteiger partial charge on any atom is 0.339 e. The number of carbonyl (C=O) groups is 2. The van der Waals surface area contributed by atoms with Crippen LogP contribution in [0.4, 0.5) is 0 Å². The first-order valence-corrected chi connectivity index (χ1v) is 8.39. The molecule has 0 bridgehead atoms. The Morgan fingerprint density at radius 2 is 2.04 bits per heavy atom. The fourth-order valence-corrected chi connectivity index (χ4v) is 2.45. The molecule has 1 amide bonds. The molecule has 0 aliphatic carbocycles. The molecule has 1 aromatic carbocycles. The van der Waals surface area contributed by atoms with Crippen molar-refractivity contribution in [3.63, 3.8) is 0 Å². The Labute approximate surface area is 150 Å². The lowest BCUT2D eigenvalue weighted by Crippen LogP contribution is -2.34. The van der Waals surface area contributed by atoms with Gasteiger partial charge in [0.1, 0.15) is 23.2 Å². The summed E-state index contributed by atoms with van der Waals surface area (Å²) in [6.07, 6.45) is 0.773. The number of ether oxygens (including phenoxy) is 1. The van der Waals surface area contributed by atoms with Crippen LogP contribution in [0.5, 0.6) is 5.75 Å². The molecule has 1 heterocycles. The van der Waals surface area contributed by atoms with Crippen molar-refractivity contribution in [2.75, 3.05) is 6.54 Å². The van der Waals surface area contributed by atoms with E-state index in [9.17, 15) is 9.59 Å². The highest BCUT2D eigenvalue weighted by Crippen LogP contribution is 2.24. The van der Waals surface area contributed by atoms with E-state index in [1.165, 1.54) is 6.07 Å². The molecule has 1 unspecified atom stereocenters. The Hall–Kier alpha value is -2.47. The van der Waals surface area contributed by atoms with Gasteiger partial charge in [0.2, 0.25) is 0 Å². The van der Waals surface area contributed by atoms with E-state index < -0.39 is 11.9 Å². The van der Waals surface area contributed by atoms with Gasteiger partial charge < -0.3 is 19.6 Å². The number of benzene rings is 1. The highest BCUT2D eigenvalue weighted by Gasteiger charge is 2.21. The van der Waals surface area contributed by atoms with E-state index in [1.54, 1.807) is 25.1 Å². The van der Waals surface area contributed by atoms with Gasteiger partial charge in [-0.1, -0.05) is 37.6 Å². The lowest BCUT2D eigenvalue weighted by molar-refractivity contribution is 0.0694. The average molecular weight is 366 g/mol. The zero-order valence-corrected chi connectivity index (χ0v) is 14.8. The first-order chi connectivity index (χ1) is 12.0. The van der Waals surface area contributed by atoms with Crippen LogP contribution in [-0.2, 0) is 6.42 Å². The second kappa shape index (κ2) is 8.58. The summed E-state index contributed by atoms with van der Waals surface area (Å²) in [6.45, 7) is 3.93. The van der Waals surface area contributed by atoms with Gasteiger partial charge in [0.25, 0.3) is 5.91 Å². The lowest BCUT2D eigenvalue weighted by Gasteiger charge is -2.18. The highest BCUT2D eigenvalue weighted by molar-refractivity contribution is 6.32. The predicted octanol–water partition coefficient (Wildman–Crippen LogP) is 3.78. The summed E-state index contributed by atoms with van der Waals surface area (Å²) in [5, 5.41) is 12.3. The van der Waals surface area contributed by atoms with Gasteiger partial charge in [-0.2, -0.15) is 0 Å². The molecule has 0 saturated heterocycles. The standard InChI is InChI=1S/C18H20ClNO5/c1-3-11(24-15-8-6-5-7-13(15)19)10-20-17(21)16-9-12(18(22)23)14(4-2)25-16/h5-9,11H,3-4,10H2,1-2H3,(H,20,21)(H,22,23). The van der Waals surface area contributed by atoms with Crippen LogP contribution >= 0.6 is 11.6 Å². The predicted molar refractivity (Wildman–Crippen MR) is 93.5 cm³/mol. The largest absolute Gasteiger partial charge is 0.487 e. The minimum absolute atomic E-state index is 0.00649. The Balaban J connectivity index is 2.00. The topological polar surface area (TPSA) is 88.8 Å². The summed E-state index contributed by atoms with van der Waals surface area (Å²) in [4.78, 5) is 23.3. The van der Waals surface area contributed by atoms with Gasteiger partial charge in [-0.05, 0) is 18.6 Å². The molecule has 0 radical (unpaired) electrons. The third kappa shape index (κ3) is 4.76. The van der Waals surface area contributed by atoms with Crippen LogP contribution < -0.4 is 10.1 Å². The first kappa shape index (κ1) is 18.9. The summed E-state index contributed by atoms with van der Waals surface area (Å²) in [5.41, 5.74) is 0.00649. The Morgan fingerprint density at radius 3 is 2.60 bits per heavy atom. The van der Waals surface area contributed by atoms with Crippen molar-refractivity contribution in [3.05, 3.63) is 52.4 Å². The maximum absolute atomic E-state index is 12.2. The van der Waals surface area contributed by atoms with Gasteiger partial charge in [0.05, 0.1) is 11.6 Å². The molecule has 2 N–H and O–H groups in total. The molecular weight excluding hydrogens is 346 g/mol. The maximum atomic E-state index is 12.2. The number of carboxylic acids is 1. The van der Waals surface area contributed by atoms with Gasteiger partial charge in [0, 0.05) is 12.5 Å². The van der Waals surface area contributed by atoms with E-state index in [1.807, 2.05) is 13.0 Å². The Bertz CT molecular complexity index is 756. The van der Waals surface area contributed by atoms with Crippen LogP contribution in [0, 0.1) is 0 Å². The molecule has 1 atom stereocenters. The van der Waals surface area contributed by atoms with Gasteiger partial charge in [-0.3, -0.25) is 4.79 Å². The number of carboxylic acid groups (broad SMARTS) is 1. The van der Waals surface area contributed by atoms with Crippen LogP contribution in [0.1, 0.15) is 46.9 Å². The second-order valence-electron chi connectivity index (χ2n) is 5.39. The van der Waals surface area contributed by atoms with Crippen molar-refractivity contribution in [1.29, 1.82) is 0 Å². The Kier molecular flexibility index (Phi) is 6.47. The fourth-order valence-electron chi connectivity index (χ4n) is 2.27. The average Bonchev–Trinajstić information content (AvgIpc) is 3.04. The third-order valence-corrected chi connectivity index (χ3v) is 3.97. The van der Waals surface area contributed by atoms with Crippen LogP contribution in [0.25, 0.3) is 0 Å². The molecule has 2 aromatic rings. The van der Waals surface area contributed by atoms with Gasteiger partial charge in [0.15, 0.2) is 5.76 Å². The number of para-hydroxylation sites is 1. The molecule has 6 nitrogen and oxygen atoms in total. The van der Waals surface area contributed by atoms with E-state index in [0.29, 0.717) is 23.6 Å². The number of aromatic carboxylic acids is 1. The number of hydrogen-bond acceptors (Lipinski definition) is 4. The first-order valence-electron chi connectivity index (χ1n) is 8.01. The zero-order chi connectivity index (χ0) is 18.4. The van der Waals surface area contributed by atoms with Crippen LogP contribution in [0.15, 0.2) is 34.7 Å². The number of aryl methyl sites for hydroxylation is 1. The van der Waals surface area contributed by atoms with E-state index in [4.69, 9.17) is 25.9 Å². The summed E-state index contributed by atoms with van der Waals surface area (Å²) in [6, 6.07) is 8.35. The number of halogens is 1. The smallest absolute Gasteiger partial charge is 0.339 e. The van der Waals surface area contributed by atoms with Crippen molar-refractivity contribution in [2.45, 2.75) is 32.8 Å². The number of nitrogens with one attached hydrogen (secondary N) is 1. The molecule has 0 aliphatic heterocycles. The van der Waals surface area contributed by atoms with E-state index in [0.717, 1.165) is 0 Å². The molecule has 2 rings (SSSR count). The second-order valence-corrected chi connectivity index (χ2v) is 5.80. The van der Waals surface area contributed by atoms with Crippen LogP contribution in [0.2, 0.25) is 5.02 Å². The van der Waals surface area contributed by atoms with Gasteiger partial charge in [-0.25, -0.2) is 4.79 Å². The van der Waals surface area contributed by atoms with Crippen LogP contribution in [0.3, 0.4) is 0 Å². The molecule has 0 aliphatic rings. The number of amides is 1. The van der Waals surface area contributed by atoms with Crippen molar-refractivity contribution >= 4 is 23.5 Å². The number of carbonyl (C=O) groups excluding carboxylic acids is 1. The van der Waals surface area contributed by atoms with Gasteiger partial charge >= 0.3 is 5.97 Å². The van der Waals surface area contributed by atoms with E-state index >= 15 is 0 Å². The lowest BCUT2D eigenvalue weighted by atomic mass is 10.2. The minimum atomic E-state index is -1.12. The molecule has 1 aromatic heterocycles. The minimum Gasteiger partial charge on any atom is -0.487 e. The molecular formula is C18H20ClNO5. The zero-order valence-electron chi connectivity index (χ0n) is 14.0. The summed E-state index contributed by atoms with van der Waals surface area (Å²) >= 11 is 6.07. The molecule has 7 heteroatoms. The summed E-state index contributed by atoms with van der Waals surface area (Å²) in [7, 11) is 0. The quantitative estimate of drug-likeness (QED) is 0.743. The SMILES string of the molecule is CCc1oc(C(=O)NCC(CC)Oc2ccccc2Cl)cc1C(=O)O.